The predicted molar refractivity (Wildman–Crippen MR) is 262 cm³/mol. The van der Waals surface area contributed by atoms with Gasteiger partial charge in [0.25, 0.3) is 0 Å². The Morgan fingerprint density at radius 2 is 1.16 bits per heavy atom. The lowest BCUT2D eigenvalue weighted by Crippen LogP contribution is -2.38. The highest BCUT2D eigenvalue weighted by atomic mass is 16.3. The van der Waals surface area contributed by atoms with Crippen molar-refractivity contribution in [3.63, 3.8) is 0 Å². The second-order valence-electron chi connectivity index (χ2n) is 21.4. The van der Waals surface area contributed by atoms with Gasteiger partial charge in [-0.15, -0.1) is 0 Å². The first kappa shape index (κ1) is 38.0. The lowest BCUT2D eigenvalue weighted by atomic mass is 9.58. The molecule has 3 heterocycles. The van der Waals surface area contributed by atoms with Gasteiger partial charge >= 0.3 is 0 Å². The van der Waals surface area contributed by atoms with Crippen LogP contribution in [0.25, 0.3) is 71.7 Å². The third-order valence-electron chi connectivity index (χ3n) is 13.9. The van der Waals surface area contributed by atoms with E-state index in [0.29, 0.717) is 0 Å². The molecular formula is C57H54BN2O. The van der Waals surface area contributed by atoms with Crippen LogP contribution in [0, 0.1) is 0 Å². The van der Waals surface area contributed by atoms with E-state index in [1.807, 2.05) is 0 Å². The summed E-state index contributed by atoms with van der Waals surface area (Å²) in [6.45, 7) is 25.3. The van der Waals surface area contributed by atoms with Gasteiger partial charge in [-0.3, -0.25) is 0 Å². The predicted octanol–water partition coefficient (Wildman–Crippen LogP) is 14.3. The van der Waals surface area contributed by atoms with E-state index in [9.17, 15) is 0 Å². The van der Waals surface area contributed by atoms with E-state index in [1.165, 1.54) is 82.9 Å². The Balaban J connectivity index is 1.20. The molecule has 2 aromatic heterocycles. The number of nitrogens with one attached hydrogen (secondary N) is 1. The lowest BCUT2D eigenvalue weighted by molar-refractivity contribution is 0.587. The zero-order valence-corrected chi connectivity index (χ0v) is 37.5. The third kappa shape index (κ3) is 5.71. The molecule has 0 atom stereocenters. The van der Waals surface area contributed by atoms with E-state index in [0.717, 1.165) is 38.9 Å². The summed E-state index contributed by atoms with van der Waals surface area (Å²) in [7, 11) is 2.46. The maximum atomic E-state index is 6.74. The number of anilines is 2. The van der Waals surface area contributed by atoms with Gasteiger partial charge in [0.2, 0.25) is 0 Å². The van der Waals surface area contributed by atoms with Gasteiger partial charge in [-0.2, -0.15) is 0 Å². The molecule has 1 aliphatic heterocycles. The molecule has 2 aliphatic rings. The first-order chi connectivity index (χ1) is 28.9. The minimum atomic E-state index is -0.105. The van der Waals surface area contributed by atoms with E-state index >= 15 is 0 Å². The normalized spacial score (nSPS) is 14.4. The van der Waals surface area contributed by atoms with Gasteiger partial charge in [0.15, 0.2) is 7.28 Å². The van der Waals surface area contributed by atoms with Crippen molar-refractivity contribution in [2.45, 2.75) is 97.8 Å². The Kier molecular flexibility index (Phi) is 7.80. The molecule has 1 aliphatic carbocycles. The fraction of sp³-hybridized carbons (Fsp3) is 0.263. The molecule has 0 amide bonds. The Bertz CT molecular complexity index is 3320. The molecule has 0 saturated carbocycles. The molecule has 0 bridgehead atoms. The second-order valence-corrected chi connectivity index (χ2v) is 21.4. The number of fused-ring (bicyclic) bond motifs is 11. The smallest absolute Gasteiger partial charge is 0.197 e. The number of aromatic nitrogens is 1. The lowest BCUT2D eigenvalue weighted by Gasteiger charge is -2.27. The largest absolute Gasteiger partial charge is 0.456 e. The average Bonchev–Trinajstić information content (AvgIpc) is 3.81. The van der Waals surface area contributed by atoms with E-state index in [4.69, 9.17) is 4.42 Å². The molecule has 3 nitrogen and oxygen atoms in total. The molecule has 0 saturated heterocycles. The summed E-state index contributed by atoms with van der Waals surface area (Å²) in [6.07, 6.45) is 0. The van der Waals surface area contributed by atoms with Crippen LogP contribution in [0.3, 0.4) is 0 Å². The number of hydrogen-bond acceptors (Lipinski definition) is 2. The van der Waals surface area contributed by atoms with Gasteiger partial charge in [-0.1, -0.05) is 154 Å². The quantitative estimate of drug-likeness (QED) is 0.181. The van der Waals surface area contributed by atoms with Gasteiger partial charge in [-0.25, -0.2) is 0 Å². The van der Waals surface area contributed by atoms with Crippen molar-refractivity contribution in [1.82, 2.24) is 4.57 Å². The van der Waals surface area contributed by atoms with E-state index < -0.39 is 0 Å². The zero-order valence-electron chi connectivity index (χ0n) is 37.5. The van der Waals surface area contributed by atoms with Crippen LogP contribution in [0.15, 0.2) is 126 Å². The Morgan fingerprint density at radius 1 is 0.525 bits per heavy atom. The molecular weight excluding hydrogens is 739 g/mol. The van der Waals surface area contributed by atoms with Crippen molar-refractivity contribution < 1.29 is 4.42 Å². The van der Waals surface area contributed by atoms with Crippen LogP contribution in [0.2, 0.25) is 0 Å². The molecule has 9 aromatic rings. The second kappa shape index (κ2) is 12.5. The van der Waals surface area contributed by atoms with E-state index in [2.05, 4.69) is 215 Å². The maximum Gasteiger partial charge on any atom is 0.197 e. The molecule has 0 unspecified atom stereocenters. The number of nitrogens with zero attached hydrogens (tertiary/aromatic N) is 1. The fourth-order valence-corrected chi connectivity index (χ4v) is 10.3. The third-order valence-corrected chi connectivity index (χ3v) is 13.9. The van der Waals surface area contributed by atoms with Crippen LogP contribution in [0.5, 0.6) is 0 Å². The highest BCUT2D eigenvalue weighted by Gasteiger charge is 2.37. The maximum absolute atomic E-state index is 6.74. The molecule has 301 valence electrons. The summed E-state index contributed by atoms with van der Waals surface area (Å²) < 4.78 is 9.31. The summed E-state index contributed by atoms with van der Waals surface area (Å²) in [5.41, 5.74) is 21.8. The summed E-state index contributed by atoms with van der Waals surface area (Å²) >= 11 is 0. The zero-order chi connectivity index (χ0) is 42.5. The van der Waals surface area contributed by atoms with E-state index in [1.54, 1.807) is 0 Å². The molecule has 61 heavy (non-hydrogen) atoms. The fourth-order valence-electron chi connectivity index (χ4n) is 10.3. The summed E-state index contributed by atoms with van der Waals surface area (Å²) in [4.78, 5) is 0. The molecule has 4 heteroatoms. The molecule has 0 spiro atoms. The summed E-state index contributed by atoms with van der Waals surface area (Å²) in [5, 5.41) is 8.72. The van der Waals surface area contributed by atoms with Gasteiger partial charge in [0.1, 0.15) is 11.2 Å². The number of rotatable bonds is 3. The Hall–Kier alpha value is -6.00. The molecule has 7 aromatic carbocycles. The minimum absolute atomic E-state index is 0.00717. The van der Waals surface area contributed by atoms with Crippen LogP contribution in [0.1, 0.15) is 104 Å². The van der Waals surface area contributed by atoms with Crippen LogP contribution in [-0.2, 0) is 21.7 Å². The molecule has 1 N–H and O–H groups in total. The minimum Gasteiger partial charge on any atom is -0.456 e. The van der Waals surface area contributed by atoms with Crippen LogP contribution in [-0.4, -0.2) is 11.8 Å². The van der Waals surface area contributed by atoms with Crippen molar-refractivity contribution in [2.75, 3.05) is 5.32 Å². The van der Waals surface area contributed by atoms with Crippen molar-refractivity contribution in [3.8, 4) is 27.9 Å². The standard InChI is InChI=1S/C57H54BN2O/c1-54(2,3)32-16-20-35(21-17-32)59-47-31-51-43(37-22-18-34(56(7,8)9)27-50(37)61-51)29-41(47)38-23-24-39-42-28-40-36-14-12-13-15-44(36)57(10,11)45(40)30-49(42)60-48-25-19-33(55(4,5)6)26-46(48)58-52(38)53(39)60/h12-31,59H,1-11H3. The highest BCUT2D eigenvalue weighted by molar-refractivity contribution is 6.73. The van der Waals surface area contributed by atoms with Crippen molar-refractivity contribution in [3.05, 3.63) is 149 Å². The first-order valence-electron chi connectivity index (χ1n) is 22.0. The van der Waals surface area contributed by atoms with Crippen LogP contribution in [0.4, 0.5) is 11.4 Å². The molecule has 1 radical (unpaired) electrons. The van der Waals surface area contributed by atoms with Crippen LogP contribution >= 0.6 is 0 Å². The monoisotopic (exact) mass is 793 g/mol. The van der Waals surface area contributed by atoms with E-state index in [-0.39, 0.29) is 21.7 Å². The van der Waals surface area contributed by atoms with Gasteiger partial charge in [0.05, 0.1) is 11.2 Å². The summed E-state index contributed by atoms with van der Waals surface area (Å²) in [5.74, 6) is 0. The van der Waals surface area contributed by atoms with Gasteiger partial charge in [-0.05, 0) is 109 Å². The number of benzene rings is 7. The first-order valence-corrected chi connectivity index (χ1v) is 22.0. The van der Waals surface area contributed by atoms with Crippen molar-refractivity contribution >= 4 is 73.3 Å². The van der Waals surface area contributed by atoms with Gasteiger partial charge in [0, 0.05) is 55.5 Å². The summed E-state index contributed by atoms with van der Waals surface area (Å²) in [6, 6.07) is 46.1. The SMILES string of the molecule is CC(C)(C)c1ccc(Nc2cc3oc4cc(C(C)(C)C)ccc4c3cc2-c2ccc3c4cc5c(cc4n4c3c2[B]c2cc(C(C)(C)C)ccc2-4)C(C)(C)c2ccccc2-5)cc1. The van der Waals surface area contributed by atoms with Crippen molar-refractivity contribution in [2.24, 2.45) is 0 Å². The average molecular weight is 794 g/mol. The number of furan rings is 1. The Labute approximate surface area is 361 Å². The highest BCUT2D eigenvalue weighted by Crippen LogP contribution is 2.51. The molecule has 11 rings (SSSR count). The Morgan fingerprint density at radius 3 is 1.90 bits per heavy atom. The van der Waals surface area contributed by atoms with Crippen LogP contribution < -0.4 is 16.2 Å². The van der Waals surface area contributed by atoms with Crippen molar-refractivity contribution in [1.29, 1.82) is 0 Å². The number of hydrogen-bond donors (Lipinski definition) is 1. The topological polar surface area (TPSA) is 30.1 Å². The molecule has 0 fully saturated rings. The van der Waals surface area contributed by atoms with Gasteiger partial charge < -0.3 is 14.3 Å².